The van der Waals surface area contributed by atoms with Crippen molar-refractivity contribution in [2.24, 2.45) is 0 Å². The second kappa shape index (κ2) is 5.62. The second-order valence-corrected chi connectivity index (χ2v) is 5.91. The van der Waals surface area contributed by atoms with Crippen molar-refractivity contribution in [3.63, 3.8) is 0 Å². The van der Waals surface area contributed by atoms with Crippen LogP contribution in [-0.2, 0) is 4.79 Å². The number of carbonyl (C=O) groups is 2. The largest absolute Gasteiger partial charge is 0.316 e. The fraction of sp³-hybridized carbons (Fsp3) is 0. The minimum absolute atomic E-state index is 0.318. The van der Waals surface area contributed by atoms with Gasteiger partial charge in [0.1, 0.15) is 0 Å². The molecular weight excluding hydrogens is 322 g/mol. The van der Waals surface area contributed by atoms with Crippen LogP contribution in [0.2, 0.25) is 0 Å². The highest BCUT2D eigenvalue weighted by Gasteiger charge is 2.20. The molecule has 1 heterocycles. The monoisotopic (exact) mass is 333 g/mol. The Balaban J connectivity index is 1.98. The Bertz CT molecular complexity index is 1110. The second-order valence-electron chi connectivity index (χ2n) is 5.56. The van der Waals surface area contributed by atoms with Crippen LogP contribution in [0.5, 0.6) is 0 Å². The van der Waals surface area contributed by atoms with Gasteiger partial charge < -0.3 is 4.57 Å². The van der Waals surface area contributed by atoms with Crippen molar-refractivity contribution in [3.05, 3.63) is 78.5 Å². The smallest absolute Gasteiger partial charge is 0.293 e. The van der Waals surface area contributed by atoms with Crippen LogP contribution in [-0.4, -0.2) is 15.6 Å². The Morgan fingerprint density at radius 1 is 0.833 bits per heavy atom. The molecule has 0 bridgehead atoms. The van der Waals surface area contributed by atoms with Gasteiger partial charge >= 0.3 is 0 Å². The van der Waals surface area contributed by atoms with Gasteiger partial charge in [-0.3, -0.25) is 9.59 Å². The summed E-state index contributed by atoms with van der Waals surface area (Å²) in [5.74, 6) is -0.688. The van der Waals surface area contributed by atoms with Crippen molar-refractivity contribution < 1.29 is 9.59 Å². The molecule has 3 nitrogen and oxygen atoms in total. The maximum atomic E-state index is 12.1. The van der Waals surface area contributed by atoms with E-state index < -0.39 is 11.0 Å². The Morgan fingerprint density at radius 2 is 1.54 bits per heavy atom. The number of carbonyl (C=O) groups excluding carboxylic acids is 2. The third-order valence-electron chi connectivity index (χ3n) is 4.15. The van der Waals surface area contributed by atoms with Gasteiger partial charge in [-0.15, -0.1) is 0 Å². The van der Waals surface area contributed by atoms with Crippen molar-refractivity contribution in [2.45, 2.75) is 0 Å². The minimum Gasteiger partial charge on any atom is -0.316 e. The van der Waals surface area contributed by atoms with Gasteiger partial charge in [-0.05, 0) is 40.6 Å². The number of nitrogens with zero attached hydrogens (tertiary/aromatic N) is 1. The van der Waals surface area contributed by atoms with E-state index in [2.05, 4.69) is 6.07 Å². The molecule has 4 heteroatoms. The number of aromatic nitrogens is 1. The SMILES string of the molecule is O=C(Cl)C(=O)c1cn(-c2ccc3ccccc3c2)c2ccccc12. The number of rotatable bonds is 3. The van der Waals surface area contributed by atoms with Gasteiger partial charge in [0.05, 0.1) is 11.1 Å². The Labute approximate surface area is 143 Å². The van der Waals surface area contributed by atoms with Gasteiger partial charge in [0, 0.05) is 17.3 Å². The molecule has 24 heavy (non-hydrogen) atoms. The van der Waals surface area contributed by atoms with Crippen LogP contribution in [0.4, 0.5) is 0 Å². The molecule has 0 radical (unpaired) electrons. The summed E-state index contributed by atoms with van der Waals surface area (Å²) in [6.45, 7) is 0. The number of hydrogen-bond donors (Lipinski definition) is 0. The van der Waals surface area contributed by atoms with Crippen molar-refractivity contribution in [1.29, 1.82) is 0 Å². The maximum Gasteiger partial charge on any atom is 0.293 e. The summed E-state index contributed by atoms with van der Waals surface area (Å²) < 4.78 is 1.91. The van der Waals surface area contributed by atoms with Crippen molar-refractivity contribution >= 4 is 44.3 Å². The molecule has 0 aliphatic carbocycles. The lowest BCUT2D eigenvalue weighted by molar-refractivity contribution is -0.108. The van der Waals surface area contributed by atoms with E-state index in [1.165, 1.54) is 0 Å². The summed E-state index contributed by atoms with van der Waals surface area (Å²) in [5.41, 5.74) is 2.10. The highest BCUT2D eigenvalue weighted by molar-refractivity contribution is 6.83. The lowest BCUT2D eigenvalue weighted by Gasteiger charge is -2.07. The summed E-state index contributed by atoms with van der Waals surface area (Å²) in [4.78, 5) is 23.4. The van der Waals surface area contributed by atoms with Gasteiger partial charge in [0.2, 0.25) is 5.78 Å². The molecule has 0 atom stereocenters. The van der Waals surface area contributed by atoms with Crippen molar-refractivity contribution in [1.82, 2.24) is 4.57 Å². The predicted molar refractivity (Wildman–Crippen MR) is 96.0 cm³/mol. The van der Waals surface area contributed by atoms with Crippen LogP contribution in [0.25, 0.3) is 27.4 Å². The maximum absolute atomic E-state index is 12.1. The number of fused-ring (bicyclic) bond motifs is 2. The van der Waals surface area contributed by atoms with E-state index in [1.54, 1.807) is 6.20 Å². The van der Waals surface area contributed by atoms with Crippen LogP contribution in [0.15, 0.2) is 72.9 Å². The summed E-state index contributed by atoms with van der Waals surface area (Å²) in [6.07, 6.45) is 1.68. The minimum atomic E-state index is -0.976. The Morgan fingerprint density at radius 3 is 2.33 bits per heavy atom. The van der Waals surface area contributed by atoms with Gasteiger partial charge in [-0.25, -0.2) is 0 Å². The Kier molecular flexibility index (Phi) is 3.44. The van der Waals surface area contributed by atoms with Crippen molar-refractivity contribution in [2.75, 3.05) is 0 Å². The van der Waals surface area contributed by atoms with Crippen LogP contribution in [0, 0.1) is 0 Å². The molecule has 0 saturated carbocycles. The summed E-state index contributed by atoms with van der Waals surface area (Å²) >= 11 is 5.40. The first kappa shape index (κ1) is 14.7. The molecular formula is C20H12ClNO2. The number of ketones is 1. The molecule has 1 aromatic heterocycles. The first-order valence-corrected chi connectivity index (χ1v) is 7.86. The van der Waals surface area contributed by atoms with Crippen LogP contribution >= 0.6 is 11.6 Å². The molecule has 0 fully saturated rings. The van der Waals surface area contributed by atoms with E-state index in [4.69, 9.17) is 11.6 Å². The molecule has 0 amide bonds. The van der Waals surface area contributed by atoms with Crippen LogP contribution in [0.1, 0.15) is 10.4 Å². The zero-order valence-electron chi connectivity index (χ0n) is 12.6. The van der Waals surface area contributed by atoms with Gasteiger partial charge in [-0.2, -0.15) is 0 Å². The normalized spacial score (nSPS) is 11.0. The highest BCUT2D eigenvalue weighted by Crippen LogP contribution is 2.27. The highest BCUT2D eigenvalue weighted by atomic mass is 35.5. The molecule has 0 spiro atoms. The number of para-hydroxylation sites is 1. The molecule has 0 unspecified atom stereocenters. The molecule has 0 aliphatic rings. The molecule has 3 aromatic carbocycles. The zero-order valence-corrected chi connectivity index (χ0v) is 13.3. The number of halogens is 1. The Hall–Kier alpha value is -2.91. The van der Waals surface area contributed by atoms with E-state index in [0.29, 0.717) is 10.9 Å². The van der Waals surface area contributed by atoms with Gasteiger partial charge in [-0.1, -0.05) is 48.5 Å². The first-order valence-electron chi connectivity index (χ1n) is 7.48. The average Bonchev–Trinajstić information content (AvgIpc) is 3.00. The first-order chi connectivity index (χ1) is 11.6. The van der Waals surface area contributed by atoms with Gasteiger partial charge in [0.15, 0.2) is 0 Å². The molecule has 0 N–H and O–H groups in total. The van der Waals surface area contributed by atoms with E-state index in [-0.39, 0.29) is 0 Å². The third-order valence-corrected chi connectivity index (χ3v) is 4.32. The topological polar surface area (TPSA) is 39.1 Å². The zero-order chi connectivity index (χ0) is 16.7. The lowest BCUT2D eigenvalue weighted by atomic mass is 10.1. The summed E-state index contributed by atoms with van der Waals surface area (Å²) in [5, 5.41) is 1.99. The summed E-state index contributed by atoms with van der Waals surface area (Å²) in [6, 6.07) is 21.6. The van der Waals surface area contributed by atoms with Crippen LogP contribution in [0.3, 0.4) is 0 Å². The molecule has 0 aliphatic heterocycles. The molecule has 4 rings (SSSR count). The number of hydrogen-bond acceptors (Lipinski definition) is 2. The van der Waals surface area contributed by atoms with E-state index in [1.807, 2.05) is 65.2 Å². The standard InChI is InChI=1S/C20H12ClNO2/c21-20(24)19(23)17-12-22(18-8-4-3-7-16(17)18)15-10-9-13-5-1-2-6-14(13)11-15/h1-12H. The predicted octanol–water partition coefficient (Wildman–Crippen LogP) is 4.73. The number of benzene rings is 3. The fourth-order valence-electron chi connectivity index (χ4n) is 3.01. The quantitative estimate of drug-likeness (QED) is 0.309. The molecule has 4 aromatic rings. The van der Waals surface area contributed by atoms with Gasteiger partial charge in [0.25, 0.3) is 5.24 Å². The molecule has 0 saturated heterocycles. The number of Topliss-reactive ketones (excluding diaryl/α,β-unsaturated/α-hetero) is 1. The van der Waals surface area contributed by atoms with E-state index in [9.17, 15) is 9.59 Å². The molecule has 116 valence electrons. The lowest BCUT2D eigenvalue weighted by Crippen LogP contribution is -2.06. The van der Waals surface area contributed by atoms with Crippen LogP contribution < -0.4 is 0 Å². The van der Waals surface area contributed by atoms with E-state index in [0.717, 1.165) is 22.0 Å². The summed E-state index contributed by atoms with van der Waals surface area (Å²) in [7, 11) is 0. The van der Waals surface area contributed by atoms with Crippen molar-refractivity contribution in [3.8, 4) is 5.69 Å². The van der Waals surface area contributed by atoms with E-state index >= 15 is 0 Å². The third kappa shape index (κ3) is 2.30. The fourth-order valence-corrected chi connectivity index (χ4v) is 3.11. The average molecular weight is 334 g/mol.